The summed E-state index contributed by atoms with van der Waals surface area (Å²) in [7, 11) is -0.842. The highest BCUT2D eigenvalue weighted by molar-refractivity contribution is 7.90. The minimum absolute atomic E-state index is 0.0938. The molecular formula is C22H25N3O5S. The quantitative estimate of drug-likeness (QED) is 0.607. The van der Waals surface area contributed by atoms with E-state index in [1.165, 1.54) is 18.1 Å². The third-order valence-electron chi connectivity index (χ3n) is 5.01. The molecule has 0 saturated carbocycles. The minimum atomic E-state index is -3.78. The number of carbonyl (C=O) groups is 2. The Morgan fingerprint density at radius 1 is 1.06 bits per heavy atom. The molecule has 1 atom stereocenters. The van der Waals surface area contributed by atoms with Crippen molar-refractivity contribution in [3.05, 3.63) is 65.7 Å². The molecule has 0 fully saturated rings. The molecule has 0 spiro atoms. The molecule has 2 aromatic rings. The Hall–Kier alpha value is -3.20. The Kier molecular flexibility index (Phi) is 6.74. The summed E-state index contributed by atoms with van der Waals surface area (Å²) in [5.74, 6) is -0.941. The molecule has 1 aliphatic rings. The van der Waals surface area contributed by atoms with Crippen LogP contribution in [0.15, 0.2) is 63.9 Å². The number of amides is 1. The smallest absolute Gasteiger partial charge is 0.310 e. The zero-order chi connectivity index (χ0) is 22.6. The maximum Gasteiger partial charge on any atom is 0.310 e. The van der Waals surface area contributed by atoms with Gasteiger partial charge in [-0.2, -0.15) is 8.42 Å². The highest BCUT2D eigenvalue weighted by atomic mass is 32.2. The van der Waals surface area contributed by atoms with E-state index >= 15 is 0 Å². The average Bonchev–Trinajstić information content (AvgIpc) is 3.04. The summed E-state index contributed by atoms with van der Waals surface area (Å²) >= 11 is 0. The van der Waals surface area contributed by atoms with E-state index in [4.69, 9.17) is 4.74 Å². The molecular weight excluding hydrogens is 418 g/mol. The number of likely N-dealkylation sites (N-methyl/N-ethyl adjacent to an activating group) is 1. The number of nitrogens with zero attached hydrogens (tertiary/aromatic N) is 3. The standard InChI is InChI=1S/C22H25N3O5S/c1-16(22(27)30-3)13-25(14-17-9-5-4-6-10-17)20(26)15-24(2)21-18-11-7-8-12-19(18)31(28,29)23-21/h4-12,16H,13-15H2,1-3H3. The lowest BCUT2D eigenvalue weighted by molar-refractivity contribution is -0.146. The van der Waals surface area contributed by atoms with Gasteiger partial charge < -0.3 is 14.5 Å². The third kappa shape index (κ3) is 5.11. The Bertz CT molecular complexity index is 1100. The van der Waals surface area contributed by atoms with E-state index in [-0.39, 0.29) is 29.7 Å². The van der Waals surface area contributed by atoms with E-state index in [1.54, 1.807) is 37.1 Å². The molecule has 1 unspecified atom stereocenters. The lowest BCUT2D eigenvalue weighted by Crippen LogP contribution is -2.43. The predicted octanol–water partition coefficient (Wildman–Crippen LogP) is 1.91. The van der Waals surface area contributed by atoms with Crippen molar-refractivity contribution in [2.45, 2.75) is 18.4 Å². The second-order valence-electron chi connectivity index (χ2n) is 7.43. The number of ether oxygens (including phenoxy) is 1. The first-order valence-electron chi connectivity index (χ1n) is 9.78. The zero-order valence-electron chi connectivity index (χ0n) is 17.7. The molecule has 0 saturated heterocycles. The first kappa shape index (κ1) is 22.5. The molecule has 2 aromatic carbocycles. The SMILES string of the molecule is COC(=O)C(C)CN(Cc1ccccc1)C(=O)CN(C)C1=NS(=O)(=O)c2ccccc21. The molecule has 1 heterocycles. The van der Waals surface area contributed by atoms with Crippen LogP contribution in [-0.2, 0) is 30.9 Å². The van der Waals surface area contributed by atoms with Crippen molar-refractivity contribution < 1.29 is 22.7 Å². The summed E-state index contributed by atoms with van der Waals surface area (Å²) in [6.45, 7) is 2.10. The molecule has 8 nitrogen and oxygen atoms in total. The van der Waals surface area contributed by atoms with Gasteiger partial charge >= 0.3 is 5.97 Å². The van der Waals surface area contributed by atoms with Crippen LogP contribution in [-0.4, -0.2) is 63.2 Å². The average molecular weight is 444 g/mol. The molecule has 1 amide bonds. The summed E-state index contributed by atoms with van der Waals surface area (Å²) in [6, 6.07) is 16.0. The van der Waals surface area contributed by atoms with Crippen LogP contribution in [0.3, 0.4) is 0 Å². The zero-order valence-corrected chi connectivity index (χ0v) is 18.5. The summed E-state index contributed by atoms with van der Waals surface area (Å²) in [5, 5.41) is 0. The van der Waals surface area contributed by atoms with Gasteiger partial charge in [0.15, 0.2) is 5.84 Å². The molecule has 0 aliphatic carbocycles. The van der Waals surface area contributed by atoms with E-state index in [9.17, 15) is 18.0 Å². The summed E-state index contributed by atoms with van der Waals surface area (Å²) < 4.78 is 33.3. The molecule has 3 rings (SSSR count). The fraction of sp³-hybridized carbons (Fsp3) is 0.318. The Balaban J connectivity index is 1.80. The van der Waals surface area contributed by atoms with E-state index in [0.717, 1.165) is 5.56 Å². The van der Waals surface area contributed by atoms with Gasteiger partial charge in [0.05, 0.1) is 19.6 Å². The van der Waals surface area contributed by atoms with Gasteiger partial charge in [0.1, 0.15) is 4.90 Å². The molecule has 1 aliphatic heterocycles. The first-order valence-corrected chi connectivity index (χ1v) is 11.2. The van der Waals surface area contributed by atoms with Gasteiger partial charge in [-0.3, -0.25) is 9.59 Å². The van der Waals surface area contributed by atoms with Gasteiger partial charge in [0.2, 0.25) is 5.91 Å². The topological polar surface area (TPSA) is 96.3 Å². The second-order valence-corrected chi connectivity index (χ2v) is 9.00. The van der Waals surface area contributed by atoms with Crippen molar-refractivity contribution in [3.63, 3.8) is 0 Å². The molecule has 31 heavy (non-hydrogen) atoms. The number of hydrogen-bond donors (Lipinski definition) is 0. The highest BCUT2D eigenvalue weighted by Crippen LogP contribution is 2.27. The van der Waals surface area contributed by atoms with E-state index in [0.29, 0.717) is 12.1 Å². The molecule has 0 bridgehead atoms. The minimum Gasteiger partial charge on any atom is -0.469 e. The van der Waals surface area contributed by atoms with Crippen molar-refractivity contribution in [2.24, 2.45) is 10.3 Å². The monoisotopic (exact) mass is 443 g/mol. The maximum absolute atomic E-state index is 13.2. The normalized spacial score (nSPS) is 14.9. The van der Waals surface area contributed by atoms with Crippen LogP contribution in [0, 0.1) is 5.92 Å². The van der Waals surface area contributed by atoms with Gasteiger partial charge in [-0.15, -0.1) is 4.40 Å². The molecule has 164 valence electrons. The van der Waals surface area contributed by atoms with Gasteiger partial charge in [0, 0.05) is 25.7 Å². The molecule has 0 N–H and O–H groups in total. The van der Waals surface area contributed by atoms with Crippen molar-refractivity contribution in [1.82, 2.24) is 9.80 Å². The number of sulfonamides is 1. The fourth-order valence-corrected chi connectivity index (χ4v) is 4.66. The summed E-state index contributed by atoms with van der Waals surface area (Å²) in [6.07, 6.45) is 0. The van der Waals surface area contributed by atoms with Gasteiger partial charge in [-0.05, 0) is 17.7 Å². The van der Waals surface area contributed by atoms with E-state index in [1.807, 2.05) is 30.3 Å². The van der Waals surface area contributed by atoms with Gasteiger partial charge in [-0.25, -0.2) is 0 Å². The lowest BCUT2D eigenvalue weighted by Gasteiger charge is -2.28. The molecule has 9 heteroatoms. The summed E-state index contributed by atoms with van der Waals surface area (Å²) in [4.78, 5) is 28.3. The van der Waals surface area contributed by atoms with Crippen molar-refractivity contribution in [2.75, 3.05) is 27.2 Å². The Morgan fingerprint density at radius 2 is 1.71 bits per heavy atom. The lowest BCUT2D eigenvalue weighted by atomic mass is 10.1. The highest BCUT2D eigenvalue weighted by Gasteiger charge is 2.32. The molecule has 0 radical (unpaired) electrons. The van der Waals surface area contributed by atoms with Crippen LogP contribution in [0.2, 0.25) is 0 Å². The summed E-state index contributed by atoms with van der Waals surface area (Å²) in [5.41, 5.74) is 1.39. The van der Waals surface area contributed by atoms with Crippen LogP contribution in [0.25, 0.3) is 0 Å². The first-order chi connectivity index (χ1) is 14.7. The van der Waals surface area contributed by atoms with Crippen LogP contribution >= 0.6 is 0 Å². The predicted molar refractivity (Wildman–Crippen MR) is 116 cm³/mol. The van der Waals surface area contributed by atoms with Crippen LogP contribution in [0.5, 0.6) is 0 Å². The number of hydrogen-bond acceptors (Lipinski definition) is 6. The number of amidine groups is 1. The Morgan fingerprint density at radius 3 is 2.39 bits per heavy atom. The number of rotatable bonds is 7. The van der Waals surface area contributed by atoms with Crippen LogP contribution in [0.4, 0.5) is 0 Å². The number of benzene rings is 2. The van der Waals surface area contributed by atoms with Crippen LogP contribution < -0.4 is 0 Å². The van der Waals surface area contributed by atoms with Crippen molar-refractivity contribution in [3.8, 4) is 0 Å². The number of fused-ring (bicyclic) bond motifs is 1. The fourth-order valence-electron chi connectivity index (χ4n) is 3.41. The maximum atomic E-state index is 13.2. The molecule has 0 aromatic heterocycles. The third-order valence-corrected chi connectivity index (χ3v) is 6.34. The van der Waals surface area contributed by atoms with Gasteiger partial charge in [-0.1, -0.05) is 49.4 Å². The van der Waals surface area contributed by atoms with Gasteiger partial charge in [0.25, 0.3) is 10.0 Å². The van der Waals surface area contributed by atoms with E-state index < -0.39 is 21.9 Å². The number of esters is 1. The van der Waals surface area contributed by atoms with Crippen molar-refractivity contribution in [1.29, 1.82) is 0 Å². The Labute approximate surface area is 182 Å². The van der Waals surface area contributed by atoms with E-state index in [2.05, 4.69) is 4.40 Å². The second kappa shape index (κ2) is 9.30. The number of carbonyl (C=O) groups excluding carboxylic acids is 2. The largest absolute Gasteiger partial charge is 0.469 e. The van der Waals surface area contributed by atoms with Crippen LogP contribution in [0.1, 0.15) is 18.1 Å². The van der Waals surface area contributed by atoms with Crippen molar-refractivity contribution >= 4 is 27.7 Å². The number of methoxy groups -OCH3 is 1.